The molecule has 0 radical (unpaired) electrons. The highest BCUT2D eigenvalue weighted by Gasteiger charge is 2.16. The summed E-state index contributed by atoms with van der Waals surface area (Å²) in [7, 11) is 0. The summed E-state index contributed by atoms with van der Waals surface area (Å²) in [5.41, 5.74) is 6.80. The zero-order valence-corrected chi connectivity index (χ0v) is 14.2. The Balaban J connectivity index is 1.69. The maximum absolute atomic E-state index is 12.4. The lowest BCUT2D eigenvalue weighted by molar-refractivity contribution is -0.383. The van der Waals surface area contributed by atoms with Crippen LogP contribution in [0, 0.1) is 10.1 Å². The van der Waals surface area contributed by atoms with E-state index in [1.54, 1.807) is 36.7 Å². The maximum Gasteiger partial charge on any atom is 0.292 e. The number of amides is 1. The van der Waals surface area contributed by atoms with E-state index in [-0.39, 0.29) is 16.9 Å². The molecule has 0 aliphatic heterocycles. The van der Waals surface area contributed by atoms with Gasteiger partial charge in [-0.05, 0) is 30.3 Å². The first kappa shape index (κ1) is 17.9. The first-order valence-corrected chi connectivity index (χ1v) is 8.00. The molecule has 136 valence electrons. The molecule has 0 spiro atoms. The first-order chi connectivity index (χ1) is 13.0. The molecule has 2 aromatic carbocycles. The van der Waals surface area contributed by atoms with Crippen molar-refractivity contribution in [1.29, 1.82) is 0 Å². The Hall–Kier alpha value is -3.94. The summed E-state index contributed by atoms with van der Waals surface area (Å²) < 4.78 is 5.69. The highest BCUT2D eigenvalue weighted by molar-refractivity contribution is 6.05. The van der Waals surface area contributed by atoms with Gasteiger partial charge in [-0.2, -0.15) is 0 Å². The van der Waals surface area contributed by atoms with E-state index in [2.05, 4.69) is 10.3 Å². The molecule has 0 aliphatic carbocycles. The molecular weight excluding hydrogens is 348 g/mol. The number of nitrogen functional groups attached to an aromatic ring is 1. The summed E-state index contributed by atoms with van der Waals surface area (Å²) in [6.07, 6.45) is 3.39. The van der Waals surface area contributed by atoms with Crippen LogP contribution in [0.15, 0.2) is 67.0 Å². The molecule has 27 heavy (non-hydrogen) atoms. The fraction of sp³-hybridized carbons (Fsp3) is 0.0526. The number of nitrogens with two attached hydrogens (primary N) is 1. The minimum atomic E-state index is -0.626. The zero-order valence-electron chi connectivity index (χ0n) is 14.2. The van der Waals surface area contributed by atoms with E-state index >= 15 is 0 Å². The number of hydrogen-bond donors (Lipinski definition) is 2. The van der Waals surface area contributed by atoms with Crippen molar-refractivity contribution < 1.29 is 14.5 Å². The van der Waals surface area contributed by atoms with E-state index < -0.39 is 10.8 Å². The molecular formula is C19H16N4O4. The third kappa shape index (κ3) is 4.57. The Labute approximate surface area is 154 Å². The van der Waals surface area contributed by atoms with Crippen molar-refractivity contribution in [3.63, 3.8) is 0 Å². The lowest BCUT2D eigenvalue weighted by atomic mass is 10.1. The maximum atomic E-state index is 12.4. The topological polar surface area (TPSA) is 120 Å². The molecule has 0 saturated heterocycles. The summed E-state index contributed by atoms with van der Waals surface area (Å²) in [6.45, 7) is 0.343. The van der Waals surface area contributed by atoms with Gasteiger partial charge in [0.15, 0.2) is 0 Å². The predicted octanol–water partition coefficient (Wildman–Crippen LogP) is 3.40. The van der Waals surface area contributed by atoms with Gasteiger partial charge < -0.3 is 15.8 Å². The van der Waals surface area contributed by atoms with Crippen molar-refractivity contribution in [2.45, 2.75) is 6.61 Å². The van der Waals surface area contributed by atoms with Crippen LogP contribution in [0.4, 0.5) is 17.1 Å². The van der Waals surface area contributed by atoms with Gasteiger partial charge in [0.2, 0.25) is 0 Å². The highest BCUT2D eigenvalue weighted by Crippen LogP contribution is 2.24. The number of hydrogen-bond acceptors (Lipinski definition) is 6. The second kappa shape index (κ2) is 7.96. The molecule has 0 saturated carbocycles. The van der Waals surface area contributed by atoms with Gasteiger partial charge in [-0.3, -0.25) is 19.9 Å². The molecule has 1 aromatic heterocycles. The number of carbonyl (C=O) groups excluding carboxylic acids is 1. The molecule has 8 nitrogen and oxygen atoms in total. The van der Waals surface area contributed by atoms with Crippen LogP contribution in [0.25, 0.3) is 0 Å². The second-order valence-corrected chi connectivity index (χ2v) is 5.66. The number of ether oxygens (including phenoxy) is 1. The van der Waals surface area contributed by atoms with Gasteiger partial charge in [0.05, 0.1) is 4.92 Å². The number of anilines is 2. The first-order valence-electron chi connectivity index (χ1n) is 8.00. The van der Waals surface area contributed by atoms with Crippen LogP contribution in [-0.2, 0) is 6.61 Å². The largest absolute Gasteiger partial charge is 0.489 e. The fourth-order valence-corrected chi connectivity index (χ4v) is 2.36. The molecule has 0 bridgehead atoms. The number of nitro groups is 1. The average Bonchev–Trinajstić information content (AvgIpc) is 2.67. The van der Waals surface area contributed by atoms with Crippen LogP contribution in [-0.4, -0.2) is 15.8 Å². The normalized spacial score (nSPS) is 10.2. The highest BCUT2D eigenvalue weighted by atomic mass is 16.6. The molecule has 0 unspecified atom stereocenters. The average molecular weight is 364 g/mol. The molecule has 3 N–H and O–H groups in total. The lowest BCUT2D eigenvalue weighted by Crippen LogP contribution is -2.12. The molecule has 3 rings (SSSR count). The number of rotatable bonds is 6. The Kier molecular flexibility index (Phi) is 5.27. The minimum Gasteiger partial charge on any atom is -0.489 e. The number of benzene rings is 2. The van der Waals surface area contributed by atoms with Gasteiger partial charge in [-0.1, -0.05) is 12.1 Å². The van der Waals surface area contributed by atoms with Gasteiger partial charge in [0.1, 0.15) is 18.0 Å². The van der Waals surface area contributed by atoms with Gasteiger partial charge >= 0.3 is 0 Å². The summed E-state index contributed by atoms with van der Waals surface area (Å²) in [5, 5.41) is 13.6. The van der Waals surface area contributed by atoms with Crippen LogP contribution < -0.4 is 15.8 Å². The number of nitro benzene ring substituents is 1. The zero-order chi connectivity index (χ0) is 19.2. The van der Waals surface area contributed by atoms with E-state index in [9.17, 15) is 14.9 Å². The van der Waals surface area contributed by atoms with Crippen molar-refractivity contribution in [3.8, 4) is 5.75 Å². The monoisotopic (exact) mass is 364 g/mol. The Bertz CT molecular complexity index is 976. The van der Waals surface area contributed by atoms with Crippen LogP contribution in [0.5, 0.6) is 5.75 Å². The third-order valence-electron chi connectivity index (χ3n) is 3.71. The Morgan fingerprint density at radius 3 is 2.78 bits per heavy atom. The van der Waals surface area contributed by atoms with Gasteiger partial charge in [-0.15, -0.1) is 0 Å². The van der Waals surface area contributed by atoms with Gasteiger partial charge in [-0.25, -0.2) is 0 Å². The summed E-state index contributed by atoms with van der Waals surface area (Å²) >= 11 is 0. The molecule has 0 aliphatic rings. The number of pyridine rings is 1. The van der Waals surface area contributed by atoms with Crippen LogP contribution in [0.1, 0.15) is 15.9 Å². The molecule has 1 heterocycles. The second-order valence-electron chi connectivity index (χ2n) is 5.66. The summed E-state index contributed by atoms with van der Waals surface area (Å²) in [4.78, 5) is 26.7. The SMILES string of the molecule is Nc1ccc(C(=O)Nc2cccc(OCc3cccnc3)c2)cc1[N+](=O)[O-]. The van der Waals surface area contributed by atoms with Crippen molar-refractivity contribution >= 4 is 23.0 Å². The molecule has 1 amide bonds. The fourth-order valence-electron chi connectivity index (χ4n) is 2.36. The standard InChI is InChI=1S/C19H16N4O4/c20-17-7-6-14(9-18(17)23(25)26)19(24)22-15-4-1-5-16(10-15)27-12-13-3-2-8-21-11-13/h1-11H,12,20H2,(H,22,24). The molecule has 8 heteroatoms. The van der Waals surface area contributed by atoms with E-state index in [1.165, 1.54) is 12.1 Å². The Morgan fingerprint density at radius 2 is 2.04 bits per heavy atom. The van der Waals surface area contributed by atoms with E-state index in [0.717, 1.165) is 11.6 Å². The molecule has 0 fully saturated rings. The minimum absolute atomic E-state index is 0.00218. The summed E-state index contributed by atoms with van der Waals surface area (Å²) in [6, 6.07) is 14.5. The van der Waals surface area contributed by atoms with Crippen molar-refractivity contribution in [3.05, 3.63) is 88.2 Å². The molecule has 0 atom stereocenters. The lowest BCUT2D eigenvalue weighted by Gasteiger charge is -2.09. The van der Waals surface area contributed by atoms with Crippen molar-refractivity contribution in [2.24, 2.45) is 0 Å². The van der Waals surface area contributed by atoms with Crippen LogP contribution >= 0.6 is 0 Å². The summed E-state index contributed by atoms with van der Waals surface area (Å²) in [5.74, 6) is 0.0856. The van der Waals surface area contributed by atoms with Crippen molar-refractivity contribution in [1.82, 2.24) is 4.98 Å². The van der Waals surface area contributed by atoms with Gasteiger partial charge in [0.25, 0.3) is 11.6 Å². The van der Waals surface area contributed by atoms with E-state index in [0.29, 0.717) is 18.0 Å². The Morgan fingerprint density at radius 1 is 1.19 bits per heavy atom. The number of nitrogens with zero attached hydrogens (tertiary/aromatic N) is 2. The predicted molar refractivity (Wildman–Crippen MR) is 100 cm³/mol. The number of aromatic nitrogens is 1. The third-order valence-corrected chi connectivity index (χ3v) is 3.71. The molecule has 3 aromatic rings. The van der Waals surface area contributed by atoms with Crippen molar-refractivity contribution in [2.75, 3.05) is 11.1 Å². The number of carbonyl (C=O) groups is 1. The quantitative estimate of drug-likeness (QED) is 0.393. The van der Waals surface area contributed by atoms with E-state index in [4.69, 9.17) is 10.5 Å². The van der Waals surface area contributed by atoms with E-state index in [1.807, 2.05) is 12.1 Å². The van der Waals surface area contributed by atoms with Crippen LogP contribution in [0.3, 0.4) is 0 Å². The van der Waals surface area contributed by atoms with Gasteiger partial charge in [0, 0.05) is 41.3 Å². The van der Waals surface area contributed by atoms with Crippen LogP contribution in [0.2, 0.25) is 0 Å². The number of nitrogens with one attached hydrogen (secondary N) is 1. The smallest absolute Gasteiger partial charge is 0.292 e.